The van der Waals surface area contributed by atoms with Gasteiger partial charge in [-0.05, 0) is 19.3 Å². The summed E-state index contributed by atoms with van der Waals surface area (Å²) in [5, 5.41) is 11.8. The van der Waals surface area contributed by atoms with E-state index in [0.717, 1.165) is 24.8 Å². The molecule has 1 heterocycles. The van der Waals surface area contributed by atoms with E-state index in [1.54, 1.807) is 0 Å². The SMILES string of the molecule is CCCCCCCCn1cc(CNC2CC2)nn1. The zero-order valence-electron chi connectivity index (χ0n) is 11.6. The van der Waals surface area contributed by atoms with Crippen LogP contribution in [-0.2, 0) is 13.1 Å². The van der Waals surface area contributed by atoms with Crippen LogP contribution in [0.1, 0.15) is 64.0 Å². The minimum atomic E-state index is 0.744. The van der Waals surface area contributed by atoms with Crippen molar-refractivity contribution in [2.45, 2.75) is 77.4 Å². The van der Waals surface area contributed by atoms with Gasteiger partial charge in [0, 0.05) is 25.3 Å². The smallest absolute Gasteiger partial charge is 0.0964 e. The second kappa shape index (κ2) is 7.52. The van der Waals surface area contributed by atoms with Crippen molar-refractivity contribution >= 4 is 0 Å². The van der Waals surface area contributed by atoms with Gasteiger partial charge >= 0.3 is 0 Å². The molecule has 0 atom stereocenters. The van der Waals surface area contributed by atoms with Crippen LogP contribution in [0, 0.1) is 0 Å². The van der Waals surface area contributed by atoms with Gasteiger partial charge in [0.1, 0.15) is 0 Å². The van der Waals surface area contributed by atoms with Gasteiger partial charge in [0.15, 0.2) is 0 Å². The predicted molar refractivity (Wildman–Crippen MR) is 73.3 cm³/mol. The Bertz CT molecular complexity index is 330. The van der Waals surface area contributed by atoms with E-state index < -0.39 is 0 Å². The highest BCUT2D eigenvalue weighted by Crippen LogP contribution is 2.18. The van der Waals surface area contributed by atoms with Gasteiger partial charge in [-0.3, -0.25) is 4.68 Å². The fourth-order valence-corrected chi connectivity index (χ4v) is 2.12. The van der Waals surface area contributed by atoms with Crippen LogP contribution in [0.3, 0.4) is 0 Å². The Morgan fingerprint density at radius 2 is 2.00 bits per heavy atom. The number of aryl methyl sites for hydroxylation is 1. The summed E-state index contributed by atoms with van der Waals surface area (Å²) in [6, 6.07) is 0.744. The number of unbranched alkanes of at least 4 members (excludes halogenated alkanes) is 5. The molecular formula is C14H26N4. The maximum atomic E-state index is 4.19. The van der Waals surface area contributed by atoms with Gasteiger partial charge < -0.3 is 5.32 Å². The van der Waals surface area contributed by atoms with Gasteiger partial charge in [-0.15, -0.1) is 5.10 Å². The third-order valence-corrected chi connectivity index (χ3v) is 3.48. The van der Waals surface area contributed by atoms with Crippen molar-refractivity contribution in [2.75, 3.05) is 0 Å². The van der Waals surface area contributed by atoms with Crippen LogP contribution in [0.2, 0.25) is 0 Å². The van der Waals surface area contributed by atoms with Crippen LogP contribution in [0.25, 0.3) is 0 Å². The van der Waals surface area contributed by atoms with Crippen molar-refractivity contribution in [3.8, 4) is 0 Å². The van der Waals surface area contributed by atoms with Gasteiger partial charge in [-0.25, -0.2) is 0 Å². The van der Waals surface area contributed by atoms with E-state index in [0.29, 0.717) is 0 Å². The first-order chi connectivity index (χ1) is 8.88. The molecule has 1 aromatic rings. The average molecular weight is 250 g/mol. The third-order valence-electron chi connectivity index (χ3n) is 3.48. The van der Waals surface area contributed by atoms with E-state index in [2.05, 4.69) is 28.7 Å². The van der Waals surface area contributed by atoms with E-state index >= 15 is 0 Å². The molecule has 0 unspecified atom stereocenters. The summed E-state index contributed by atoms with van der Waals surface area (Å²) in [5.41, 5.74) is 1.08. The number of rotatable bonds is 10. The van der Waals surface area contributed by atoms with E-state index in [4.69, 9.17) is 0 Å². The van der Waals surface area contributed by atoms with Crippen molar-refractivity contribution in [1.82, 2.24) is 20.3 Å². The highest BCUT2D eigenvalue weighted by molar-refractivity contribution is 4.94. The summed E-state index contributed by atoms with van der Waals surface area (Å²) in [7, 11) is 0. The number of hydrogen-bond donors (Lipinski definition) is 1. The van der Waals surface area contributed by atoms with Crippen LogP contribution >= 0.6 is 0 Å². The molecular weight excluding hydrogens is 224 g/mol. The van der Waals surface area contributed by atoms with Gasteiger partial charge in [0.05, 0.1) is 5.69 Å². The maximum absolute atomic E-state index is 4.19. The summed E-state index contributed by atoms with van der Waals surface area (Å²) in [6.07, 6.45) is 12.7. The summed E-state index contributed by atoms with van der Waals surface area (Å²) in [6.45, 7) is 4.15. The Hall–Kier alpha value is -0.900. The molecule has 4 nitrogen and oxygen atoms in total. The molecule has 4 heteroatoms. The van der Waals surface area contributed by atoms with Gasteiger partial charge in [-0.2, -0.15) is 0 Å². The fourth-order valence-electron chi connectivity index (χ4n) is 2.12. The number of aromatic nitrogens is 3. The summed E-state index contributed by atoms with van der Waals surface area (Å²) < 4.78 is 1.99. The Kier molecular flexibility index (Phi) is 5.65. The molecule has 1 aliphatic rings. The van der Waals surface area contributed by atoms with E-state index in [-0.39, 0.29) is 0 Å². The van der Waals surface area contributed by atoms with Crippen LogP contribution in [0.5, 0.6) is 0 Å². The second-order valence-corrected chi connectivity index (χ2v) is 5.40. The van der Waals surface area contributed by atoms with Crippen LogP contribution in [0.4, 0.5) is 0 Å². The van der Waals surface area contributed by atoms with Gasteiger partial charge in [0.2, 0.25) is 0 Å². The molecule has 0 amide bonds. The Balaban J connectivity index is 1.54. The lowest BCUT2D eigenvalue weighted by Crippen LogP contribution is -2.15. The molecule has 1 N–H and O–H groups in total. The normalized spacial score (nSPS) is 15.2. The van der Waals surface area contributed by atoms with Crippen LogP contribution < -0.4 is 5.32 Å². The van der Waals surface area contributed by atoms with Crippen molar-refractivity contribution < 1.29 is 0 Å². The molecule has 1 fully saturated rings. The molecule has 1 aromatic heterocycles. The average Bonchev–Trinajstić information content (AvgIpc) is 3.11. The molecule has 102 valence electrons. The van der Waals surface area contributed by atoms with Crippen molar-refractivity contribution in [1.29, 1.82) is 0 Å². The molecule has 18 heavy (non-hydrogen) atoms. The third kappa shape index (κ3) is 5.17. The molecule has 0 spiro atoms. The van der Waals surface area contributed by atoms with Crippen LogP contribution in [0.15, 0.2) is 6.20 Å². The Labute approximate surface area is 110 Å². The lowest BCUT2D eigenvalue weighted by atomic mass is 10.1. The summed E-state index contributed by atoms with van der Waals surface area (Å²) >= 11 is 0. The van der Waals surface area contributed by atoms with Crippen molar-refractivity contribution in [2.24, 2.45) is 0 Å². The van der Waals surface area contributed by atoms with Gasteiger partial charge in [-0.1, -0.05) is 44.2 Å². The van der Waals surface area contributed by atoms with Crippen molar-refractivity contribution in [3.63, 3.8) is 0 Å². The molecule has 0 bridgehead atoms. The van der Waals surface area contributed by atoms with E-state index in [9.17, 15) is 0 Å². The van der Waals surface area contributed by atoms with E-state index in [1.165, 1.54) is 51.4 Å². The predicted octanol–water partition coefficient (Wildman–Crippen LogP) is 2.89. The Morgan fingerprint density at radius 3 is 2.78 bits per heavy atom. The maximum Gasteiger partial charge on any atom is 0.0964 e. The highest BCUT2D eigenvalue weighted by atomic mass is 15.4. The molecule has 1 saturated carbocycles. The first-order valence-electron chi connectivity index (χ1n) is 7.51. The quantitative estimate of drug-likeness (QED) is 0.649. The monoisotopic (exact) mass is 250 g/mol. The minimum Gasteiger partial charge on any atom is -0.308 e. The first-order valence-corrected chi connectivity index (χ1v) is 7.51. The first kappa shape index (κ1) is 13.5. The molecule has 0 aliphatic heterocycles. The van der Waals surface area contributed by atoms with Crippen molar-refractivity contribution in [3.05, 3.63) is 11.9 Å². The molecule has 0 radical (unpaired) electrons. The molecule has 0 aromatic carbocycles. The molecule has 1 aliphatic carbocycles. The molecule has 0 saturated heterocycles. The van der Waals surface area contributed by atoms with E-state index in [1.807, 2.05) is 4.68 Å². The zero-order valence-corrected chi connectivity index (χ0v) is 11.6. The Morgan fingerprint density at radius 1 is 1.22 bits per heavy atom. The number of nitrogens with one attached hydrogen (secondary N) is 1. The fraction of sp³-hybridized carbons (Fsp3) is 0.857. The van der Waals surface area contributed by atoms with Gasteiger partial charge in [0.25, 0.3) is 0 Å². The molecule has 2 rings (SSSR count). The largest absolute Gasteiger partial charge is 0.308 e. The lowest BCUT2D eigenvalue weighted by Gasteiger charge is -2.00. The topological polar surface area (TPSA) is 42.7 Å². The highest BCUT2D eigenvalue weighted by Gasteiger charge is 2.20. The summed E-state index contributed by atoms with van der Waals surface area (Å²) in [4.78, 5) is 0. The second-order valence-electron chi connectivity index (χ2n) is 5.40. The standard InChI is InChI=1S/C14H26N4/c1-2-3-4-5-6-7-10-18-12-14(16-17-18)11-15-13-8-9-13/h12-13,15H,2-11H2,1H3. The van der Waals surface area contributed by atoms with Crippen LogP contribution in [-0.4, -0.2) is 21.0 Å². The lowest BCUT2D eigenvalue weighted by molar-refractivity contribution is 0.516. The summed E-state index contributed by atoms with van der Waals surface area (Å²) in [5.74, 6) is 0. The zero-order chi connectivity index (χ0) is 12.6. The number of nitrogens with zero attached hydrogens (tertiary/aromatic N) is 3. The number of hydrogen-bond acceptors (Lipinski definition) is 3. The minimum absolute atomic E-state index is 0.744.